The summed E-state index contributed by atoms with van der Waals surface area (Å²) in [6, 6.07) is 32.7. The van der Waals surface area contributed by atoms with E-state index in [-0.39, 0.29) is 0 Å². The highest BCUT2D eigenvalue weighted by Crippen LogP contribution is 2.24. The van der Waals surface area contributed by atoms with Crippen LogP contribution in [0, 0.1) is 0 Å². The lowest BCUT2D eigenvalue weighted by atomic mass is 10.2. The van der Waals surface area contributed by atoms with Crippen molar-refractivity contribution in [2.45, 2.75) is 0 Å². The highest BCUT2D eigenvalue weighted by Gasteiger charge is 2.14. The maximum absolute atomic E-state index is 12.5. The van der Waals surface area contributed by atoms with Gasteiger partial charge in [0.1, 0.15) is 0 Å². The van der Waals surface area contributed by atoms with Crippen LogP contribution in [0.4, 0.5) is 11.6 Å². The number of hydrogen-bond acceptors (Lipinski definition) is 5. The second kappa shape index (κ2) is 10.8. The Hall–Kier alpha value is -4.95. The van der Waals surface area contributed by atoms with Crippen LogP contribution in [-0.2, 0) is 0 Å². The number of anilines is 2. The summed E-state index contributed by atoms with van der Waals surface area (Å²) in [5, 5.41) is 8.27. The summed E-state index contributed by atoms with van der Waals surface area (Å²) in [6.07, 6.45) is 0. The van der Waals surface area contributed by atoms with E-state index in [1.165, 1.54) is 6.07 Å². The van der Waals surface area contributed by atoms with Crippen molar-refractivity contribution in [1.29, 1.82) is 0 Å². The molecule has 0 bridgehead atoms. The summed E-state index contributed by atoms with van der Waals surface area (Å²) in [5.74, 6) is 0.178. The number of halogens is 1. The summed E-state index contributed by atoms with van der Waals surface area (Å²) in [7, 11) is 0. The molecule has 1 heterocycles. The fraction of sp³-hybridized carbons (Fsp3) is 0. The van der Waals surface area contributed by atoms with E-state index in [1.54, 1.807) is 47.1 Å². The van der Waals surface area contributed by atoms with E-state index >= 15 is 0 Å². The molecule has 4 aromatic carbocycles. The van der Waals surface area contributed by atoms with E-state index in [9.17, 15) is 9.59 Å². The van der Waals surface area contributed by atoms with Crippen molar-refractivity contribution in [1.82, 2.24) is 25.6 Å². The minimum absolute atomic E-state index is 0.338. The van der Waals surface area contributed by atoms with Crippen LogP contribution in [0.15, 0.2) is 109 Å². The number of rotatable bonds is 6. The van der Waals surface area contributed by atoms with Gasteiger partial charge in [-0.2, -0.15) is 4.98 Å². The predicted molar refractivity (Wildman–Crippen MR) is 143 cm³/mol. The zero-order valence-corrected chi connectivity index (χ0v) is 20.2. The molecule has 5 aromatic rings. The average molecular weight is 509 g/mol. The number of para-hydroxylation sites is 1. The molecule has 3 N–H and O–H groups in total. The number of aromatic nitrogens is 3. The molecule has 1 aromatic heterocycles. The predicted octanol–water partition coefficient (Wildman–Crippen LogP) is 5.41. The van der Waals surface area contributed by atoms with Gasteiger partial charge in [-0.25, -0.2) is 4.68 Å². The molecule has 0 fully saturated rings. The van der Waals surface area contributed by atoms with Crippen molar-refractivity contribution >= 4 is 35.1 Å². The second-order valence-electron chi connectivity index (χ2n) is 7.99. The van der Waals surface area contributed by atoms with Crippen LogP contribution >= 0.6 is 11.6 Å². The zero-order valence-electron chi connectivity index (χ0n) is 19.4. The van der Waals surface area contributed by atoms with Crippen molar-refractivity contribution in [2.24, 2.45) is 0 Å². The van der Waals surface area contributed by atoms with Gasteiger partial charge in [-0.3, -0.25) is 20.4 Å². The molecule has 0 aliphatic carbocycles. The van der Waals surface area contributed by atoms with E-state index in [4.69, 9.17) is 16.6 Å². The average Bonchev–Trinajstić information content (AvgIpc) is 3.36. The van der Waals surface area contributed by atoms with Gasteiger partial charge >= 0.3 is 0 Å². The Morgan fingerprint density at radius 2 is 1.35 bits per heavy atom. The van der Waals surface area contributed by atoms with Gasteiger partial charge in [0.05, 0.1) is 5.69 Å². The molecule has 0 saturated heterocycles. The Balaban J connectivity index is 1.29. The first-order valence-corrected chi connectivity index (χ1v) is 11.8. The van der Waals surface area contributed by atoms with E-state index in [2.05, 4.69) is 21.3 Å². The maximum Gasteiger partial charge on any atom is 0.269 e. The Bertz CT molecular complexity index is 1480. The number of nitrogens with zero attached hydrogens (tertiary/aromatic N) is 3. The van der Waals surface area contributed by atoms with Gasteiger partial charge < -0.3 is 5.32 Å². The molecular weight excluding hydrogens is 488 g/mol. The van der Waals surface area contributed by atoms with Crippen molar-refractivity contribution in [3.05, 3.63) is 125 Å². The van der Waals surface area contributed by atoms with Gasteiger partial charge in [-0.05, 0) is 54.6 Å². The van der Waals surface area contributed by atoms with Crippen molar-refractivity contribution in [2.75, 3.05) is 5.32 Å². The normalized spacial score (nSPS) is 10.5. The lowest BCUT2D eigenvalue weighted by Gasteiger charge is -2.08. The van der Waals surface area contributed by atoms with Crippen LogP contribution in [0.2, 0.25) is 5.02 Å². The smallest absolute Gasteiger partial charge is 0.269 e. The van der Waals surface area contributed by atoms with E-state index in [0.29, 0.717) is 33.6 Å². The van der Waals surface area contributed by atoms with E-state index < -0.39 is 11.8 Å². The van der Waals surface area contributed by atoms with Gasteiger partial charge in [0.25, 0.3) is 11.8 Å². The SMILES string of the molecule is O=C(NNC(=O)c1cccc(Cl)c1)c1ccc(Nc2nc(-c3ccccc3)n(-c3ccccc3)n2)cc1. The molecule has 0 unspecified atom stereocenters. The molecule has 0 saturated carbocycles. The first kappa shape index (κ1) is 23.8. The summed E-state index contributed by atoms with van der Waals surface area (Å²) in [6.45, 7) is 0. The van der Waals surface area contributed by atoms with E-state index in [1.807, 2.05) is 60.7 Å². The maximum atomic E-state index is 12.5. The fourth-order valence-electron chi connectivity index (χ4n) is 3.61. The summed E-state index contributed by atoms with van der Waals surface area (Å²) < 4.78 is 1.78. The number of hydrogen-bond donors (Lipinski definition) is 3. The first-order chi connectivity index (χ1) is 18.1. The molecule has 9 heteroatoms. The highest BCUT2D eigenvalue weighted by atomic mass is 35.5. The Morgan fingerprint density at radius 3 is 2.03 bits per heavy atom. The highest BCUT2D eigenvalue weighted by molar-refractivity contribution is 6.31. The van der Waals surface area contributed by atoms with Crippen LogP contribution < -0.4 is 16.2 Å². The van der Waals surface area contributed by atoms with Crippen molar-refractivity contribution in [3.63, 3.8) is 0 Å². The summed E-state index contributed by atoms with van der Waals surface area (Å²) >= 11 is 5.91. The van der Waals surface area contributed by atoms with Crippen LogP contribution in [0.3, 0.4) is 0 Å². The molecule has 0 aliphatic rings. The molecule has 0 radical (unpaired) electrons. The van der Waals surface area contributed by atoms with Crippen LogP contribution in [-0.4, -0.2) is 26.6 Å². The Labute approximate surface area is 217 Å². The number of benzene rings is 4. The lowest BCUT2D eigenvalue weighted by molar-refractivity contribution is 0.0846. The van der Waals surface area contributed by atoms with Crippen molar-refractivity contribution in [3.8, 4) is 17.1 Å². The largest absolute Gasteiger partial charge is 0.323 e. The molecule has 0 atom stereocenters. The van der Waals surface area contributed by atoms with Crippen molar-refractivity contribution < 1.29 is 9.59 Å². The summed E-state index contributed by atoms with van der Waals surface area (Å²) in [5.41, 5.74) is 8.00. The van der Waals surface area contributed by atoms with Gasteiger partial charge in [-0.1, -0.05) is 66.2 Å². The first-order valence-electron chi connectivity index (χ1n) is 11.4. The third-order valence-corrected chi connectivity index (χ3v) is 5.65. The molecule has 182 valence electrons. The Morgan fingerprint density at radius 1 is 0.703 bits per heavy atom. The minimum Gasteiger partial charge on any atom is -0.323 e. The lowest BCUT2D eigenvalue weighted by Crippen LogP contribution is -2.41. The number of carbonyl (C=O) groups excluding carboxylic acids is 2. The molecule has 8 nitrogen and oxygen atoms in total. The van der Waals surface area contributed by atoms with Crippen LogP contribution in [0.5, 0.6) is 0 Å². The molecule has 0 aliphatic heterocycles. The third-order valence-electron chi connectivity index (χ3n) is 5.42. The molecule has 37 heavy (non-hydrogen) atoms. The van der Waals surface area contributed by atoms with Gasteiger partial charge in [-0.15, -0.1) is 5.10 Å². The minimum atomic E-state index is -0.469. The molecule has 5 rings (SSSR count). The van der Waals surface area contributed by atoms with Crippen LogP contribution in [0.25, 0.3) is 17.1 Å². The second-order valence-corrected chi connectivity index (χ2v) is 8.43. The van der Waals surface area contributed by atoms with Crippen LogP contribution in [0.1, 0.15) is 20.7 Å². The fourth-order valence-corrected chi connectivity index (χ4v) is 3.80. The molecule has 0 spiro atoms. The number of amides is 2. The summed E-state index contributed by atoms with van der Waals surface area (Å²) in [4.78, 5) is 29.4. The molecular formula is C28H21ClN6O2. The van der Waals surface area contributed by atoms with Gasteiger partial charge in [0.2, 0.25) is 5.95 Å². The third kappa shape index (κ3) is 5.66. The Kier molecular flexibility index (Phi) is 6.91. The topological polar surface area (TPSA) is 101 Å². The van der Waals surface area contributed by atoms with Gasteiger partial charge in [0, 0.05) is 27.4 Å². The quantitative estimate of drug-likeness (QED) is 0.266. The standard InChI is InChI=1S/C28H21ClN6O2/c29-22-11-7-10-21(18-22)27(37)33-32-26(36)20-14-16-23(17-15-20)30-28-31-25(19-8-3-1-4-9-19)35(34-28)24-12-5-2-6-13-24/h1-18H,(H,30,34)(H,32,36)(H,33,37). The number of hydrazine groups is 1. The number of carbonyl (C=O) groups is 2. The van der Waals surface area contributed by atoms with E-state index in [0.717, 1.165) is 11.3 Å². The zero-order chi connectivity index (χ0) is 25.6. The number of nitrogens with one attached hydrogen (secondary N) is 3. The van der Waals surface area contributed by atoms with Gasteiger partial charge in [0.15, 0.2) is 5.82 Å². The molecule has 2 amide bonds. The monoisotopic (exact) mass is 508 g/mol.